The third kappa shape index (κ3) is 3.89. The molecule has 1 aliphatic carbocycles. The number of sulfonamides is 1. The maximum Gasteiger partial charge on any atom is 0.244 e. The Morgan fingerprint density at radius 3 is 2.48 bits per heavy atom. The normalized spacial score (nSPS) is 14.9. The molecule has 124 valence electrons. The van der Waals surface area contributed by atoms with E-state index in [9.17, 15) is 8.42 Å². The lowest BCUT2D eigenvalue weighted by Crippen LogP contribution is -2.30. The number of H-pyrrole nitrogens is 1. The number of aromatic nitrogens is 3. The highest BCUT2D eigenvalue weighted by Crippen LogP contribution is 2.27. The summed E-state index contributed by atoms with van der Waals surface area (Å²) < 4.78 is 27.1. The molecule has 2 aromatic rings. The summed E-state index contributed by atoms with van der Waals surface area (Å²) in [6.45, 7) is 0.128. The van der Waals surface area contributed by atoms with Gasteiger partial charge < -0.3 is 4.90 Å². The van der Waals surface area contributed by atoms with Gasteiger partial charge in [-0.2, -0.15) is 4.98 Å². The van der Waals surface area contributed by atoms with Crippen LogP contribution in [0.15, 0.2) is 24.3 Å². The van der Waals surface area contributed by atoms with E-state index in [1.807, 2.05) is 26.2 Å². The number of aromatic amines is 1. The molecule has 0 aliphatic heterocycles. The first-order valence-corrected chi connectivity index (χ1v) is 9.21. The van der Waals surface area contributed by atoms with Gasteiger partial charge in [-0.3, -0.25) is 5.10 Å². The van der Waals surface area contributed by atoms with E-state index in [0.29, 0.717) is 11.8 Å². The minimum absolute atomic E-state index is 0.128. The number of nitrogens with one attached hydrogen (secondary N) is 2. The maximum atomic E-state index is 12.3. The van der Waals surface area contributed by atoms with Crippen LogP contribution in [0.2, 0.25) is 0 Å². The van der Waals surface area contributed by atoms with E-state index in [1.165, 1.54) is 11.1 Å². The zero-order chi connectivity index (χ0) is 16.4. The Hall–Kier alpha value is -1.93. The summed E-state index contributed by atoms with van der Waals surface area (Å²) in [6.07, 6.45) is 1.65. The largest absolute Gasteiger partial charge is 0.346 e. The first kappa shape index (κ1) is 15.9. The summed E-state index contributed by atoms with van der Waals surface area (Å²) >= 11 is 0. The van der Waals surface area contributed by atoms with Crippen molar-refractivity contribution in [2.45, 2.75) is 19.4 Å². The molecule has 3 rings (SSSR count). The highest BCUT2D eigenvalue weighted by molar-refractivity contribution is 7.89. The van der Waals surface area contributed by atoms with Crippen LogP contribution in [-0.2, 0) is 29.4 Å². The van der Waals surface area contributed by atoms with Crippen LogP contribution in [-0.4, -0.2) is 43.4 Å². The molecular weight excluding hydrogens is 314 g/mol. The zero-order valence-electron chi connectivity index (χ0n) is 13.3. The molecule has 1 heterocycles. The van der Waals surface area contributed by atoms with Gasteiger partial charge in [0.2, 0.25) is 16.0 Å². The molecule has 0 amide bonds. The lowest BCUT2D eigenvalue weighted by Gasteiger charge is -2.10. The fourth-order valence-electron chi connectivity index (χ4n) is 2.88. The third-order valence-electron chi connectivity index (χ3n) is 3.97. The molecule has 0 unspecified atom stereocenters. The number of nitrogens with zero attached hydrogens (tertiary/aromatic N) is 3. The smallest absolute Gasteiger partial charge is 0.244 e. The van der Waals surface area contributed by atoms with E-state index in [4.69, 9.17) is 0 Å². The zero-order valence-corrected chi connectivity index (χ0v) is 14.1. The van der Waals surface area contributed by atoms with Crippen LogP contribution in [0.25, 0.3) is 0 Å². The van der Waals surface area contributed by atoms with Crippen LogP contribution in [0, 0.1) is 5.92 Å². The van der Waals surface area contributed by atoms with Gasteiger partial charge in [0.15, 0.2) is 0 Å². The van der Waals surface area contributed by atoms with E-state index >= 15 is 0 Å². The van der Waals surface area contributed by atoms with Gasteiger partial charge in [-0.1, -0.05) is 24.3 Å². The molecule has 1 aromatic heterocycles. The van der Waals surface area contributed by atoms with Crippen molar-refractivity contribution in [3.63, 3.8) is 0 Å². The minimum Gasteiger partial charge on any atom is -0.346 e. The van der Waals surface area contributed by atoms with E-state index in [-0.39, 0.29) is 18.2 Å². The fourth-order valence-corrected chi connectivity index (χ4v) is 4.21. The van der Waals surface area contributed by atoms with Gasteiger partial charge >= 0.3 is 0 Å². The molecule has 0 spiro atoms. The maximum absolute atomic E-state index is 12.3. The predicted molar refractivity (Wildman–Crippen MR) is 88.7 cm³/mol. The van der Waals surface area contributed by atoms with Gasteiger partial charge in [0.05, 0.1) is 12.3 Å². The number of hydrogen-bond acceptors (Lipinski definition) is 5. The Morgan fingerprint density at radius 2 is 1.91 bits per heavy atom. The van der Waals surface area contributed by atoms with Gasteiger partial charge in [-0.05, 0) is 29.9 Å². The molecule has 0 saturated carbocycles. The predicted octanol–water partition coefficient (Wildman–Crippen LogP) is 0.705. The number of rotatable bonds is 6. The quantitative estimate of drug-likeness (QED) is 0.811. The molecule has 2 N–H and O–H groups in total. The first-order chi connectivity index (χ1) is 10.9. The summed E-state index contributed by atoms with van der Waals surface area (Å²) in [5, 5.41) is 6.74. The lowest BCUT2D eigenvalue weighted by atomic mass is 10.1. The van der Waals surface area contributed by atoms with Crippen molar-refractivity contribution in [1.29, 1.82) is 0 Å². The minimum atomic E-state index is -3.34. The van der Waals surface area contributed by atoms with Crippen LogP contribution in [0.5, 0.6) is 0 Å². The standard InChI is InChI=1S/C15H21N5O2S/c1-20(2)15-17-14(18-19-15)9-16-23(21,22)10-11-7-12-5-3-4-6-13(12)8-11/h3-6,11,16H,7-10H2,1-2H3,(H,17,18,19). The van der Waals surface area contributed by atoms with Gasteiger partial charge in [0, 0.05) is 14.1 Å². The van der Waals surface area contributed by atoms with Gasteiger partial charge in [-0.25, -0.2) is 13.1 Å². The van der Waals surface area contributed by atoms with E-state index in [0.717, 1.165) is 12.8 Å². The second-order valence-electron chi connectivity index (χ2n) is 6.12. The molecule has 8 heteroatoms. The monoisotopic (exact) mass is 335 g/mol. The molecule has 0 radical (unpaired) electrons. The van der Waals surface area contributed by atoms with Crippen LogP contribution >= 0.6 is 0 Å². The first-order valence-electron chi connectivity index (χ1n) is 7.55. The van der Waals surface area contributed by atoms with Crippen LogP contribution in [0.1, 0.15) is 17.0 Å². The SMILES string of the molecule is CN(C)c1n[nH]c(CNS(=O)(=O)CC2Cc3ccccc3C2)n1. The molecule has 0 bridgehead atoms. The summed E-state index contributed by atoms with van der Waals surface area (Å²) in [7, 11) is 0.313. The second kappa shape index (κ2) is 6.29. The Balaban J connectivity index is 1.55. The molecule has 1 aromatic carbocycles. The highest BCUT2D eigenvalue weighted by atomic mass is 32.2. The van der Waals surface area contributed by atoms with Gasteiger partial charge in [-0.15, -0.1) is 5.10 Å². The van der Waals surface area contributed by atoms with Crippen molar-refractivity contribution in [2.24, 2.45) is 5.92 Å². The second-order valence-corrected chi connectivity index (χ2v) is 7.97. The topological polar surface area (TPSA) is 91.0 Å². The van der Waals surface area contributed by atoms with E-state index in [1.54, 1.807) is 4.90 Å². The van der Waals surface area contributed by atoms with Gasteiger partial charge in [0.25, 0.3) is 0 Å². The van der Waals surface area contributed by atoms with Crippen molar-refractivity contribution in [1.82, 2.24) is 19.9 Å². The number of benzene rings is 1. The molecule has 0 saturated heterocycles. The van der Waals surface area contributed by atoms with Crippen LogP contribution in [0.3, 0.4) is 0 Å². The van der Waals surface area contributed by atoms with Crippen LogP contribution in [0.4, 0.5) is 5.95 Å². The van der Waals surface area contributed by atoms with Crippen molar-refractivity contribution in [3.05, 3.63) is 41.2 Å². The molecule has 1 aliphatic rings. The summed E-state index contributed by atoms with van der Waals surface area (Å²) in [5.41, 5.74) is 2.53. The number of hydrogen-bond donors (Lipinski definition) is 2. The third-order valence-corrected chi connectivity index (χ3v) is 5.46. The average molecular weight is 335 g/mol. The summed E-state index contributed by atoms with van der Waals surface area (Å²) in [6, 6.07) is 8.15. The summed E-state index contributed by atoms with van der Waals surface area (Å²) in [5.74, 6) is 1.31. The number of anilines is 1. The van der Waals surface area contributed by atoms with E-state index < -0.39 is 10.0 Å². The Bertz CT molecular complexity index is 760. The molecule has 7 nitrogen and oxygen atoms in total. The molecule has 23 heavy (non-hydrogen) atoms. The van der Waals surface area contributed by atoms with Crippen LogP contribution < -0.4 is 9.62 Å². The van der Waals surface area contributed by atoms with Crippen molar-refractivity contribution in [2.75, 3.05) is 24.7 Å². The molecular formula is C15H21N5O2S. The average Bonchev–Trinajstić information content (AvgIpc) is 3.10. The van der Waals surface area contributed by atoms with Crippen molar-refractivity contribution < 1.29 is 8.42 Å². The molecule has 0 atom stereocenters. The molecule has 0 fully saturated rings. The summed E-state index contributed by atoms with van der Waals surface area (Å²) in [4.78, 5) is 5.96. The highest BCUT2D eigenvalue weighted by Gasteiger charge is 2.26. The Kier molecular flexibility index (Phi) is 4.36. The Labute approximate surface area is 136 Å². The number of fused-ring (bicyclic) bond motifs is 1. The van der Waals surface area contributed by atoms with Gasteiger partial charge in [0.1, 0.15) is 5.82 Å². The Morgan fingerprint density at radius 1 is 1.26 bits per heavy atom. The van der Waals surface area contributed by atoms with E-state index in [2.05, 4.69) is 32.0 Å². The van der Waals surface area contributed by atoms with Crippen molar-refractivity contribution in [3.8, 4) is 0 Å². The van der Waals surface area contributed by atoms with Crippen molar-refractivity contribution >= 4 is 16.0 Å². The lowest BCUT2D eigenvalue weighted by molar-refractivity contribution is 0.550. The fraction of sp³-hybridized carbons (Fsp3) is 0.467.